The van der Waals surface area contributed by atoms with E-state index in [0.717, 1.165) is 47.9 Å². The highest BCUT2D eigenvalue weighted by atomic mass is 15.3. The maximum absolute atomic E-state index is 4.94. The molecule has 0 amide bonds. The zero-order valence-corrected chi connectivity index (χ0v) is 15.6. The average Bonchev–Trinajstić information content (AvgIpc) is 3.06. The molecule has 0 radical (unpaired) electrons. The van der Waals surface area contributed by atoms with Gasteiger partial charge in [0.05, 0.1) is 16.7 Å². The molecule has 6 nitrogen and oxygen atoms in total. The van der Waals surface area contributed by atoms with Gasteiger partial charge in [-0.05, 0) is 37.8 Å². The number of rotatable bonds is 5. The number of hydrogen-bond donors (Lipinski definition) is 1. The van der Waals surface area contributed by atoms with Crippen molar-refractivity contribution in [3.05, 3.63) is 41.7 Å². The molecule has 136 valence electrons. The molecule has 1 N–H and O–H groups in total. The number of fused-ring (bicyclic) bond motifs is 1. The summed E-state index contributed by atoms with van der Waals surface area (Å²) in [5.74, 6) is 1.85. The van der Waals surface area contributed by atoms with Crippen LogP contribution in [0, 0.1) is 0 Å². The zero-order chi connectivity index (χ0) is 17.9. The van der Waals surface area contributed by atoms with Crippen LogP contribution < -0.4 is 10.2 Å². The Bertz CT molecular complexity index is 894. The monoisotopic (exact) mass is 350 g/mol. The van der Waals surface area contributed by atoms with Crippen molar-refractivity contribution in [3.8, 4) is 0 Å². The Morgan fingerprint density at radius 2 is 1.77 bits per heavy atom. The van der Waals surface area contributed by atoms with E-state index < -0.39 is 0 Å². The molecule has 0 spiro atoms. The van der Waals surface area contributed by atoms with Gasteiger partial charge in [0, 0.05) is 38.4 Å². The minimum Gasteiger partial charge on any atom is -0.363 e. The van der Waals surface area contributed by atoms with Crippen LogP contribution >= 0.6 is 0 Å². The van der Waals surface area contributed by atoms with E-state index in [0.29, 0.717) is 6.54 Å². The lowest BCUT2D eigenvalue weighted by Gasteiger charge is -2.29. The maximum Gasteiger partial charge on any atom is 0.172 e. The Morgan fingerprint density at radius 1 is 1.04 bits per heavy atom. The Hall–Kier alpha value is -2.63. The van der Waals surface area contributed by atoms with Crippen LogP contribution in [0.2, 0.25) is 0 Å². The quantitative estimate of drug-likeness (QED) is 0.763. The highest BCUT2D eigenvalue weighted by molar-refractivity contribution is 5.80. The van der Waals surface area contributed by atoms with Crippen LogP contribution in [-0.4, -0.2) is 32.8 Å². The molecular weight excluding hydrogens is 324 g/mol. The lowest BCUT2D eigenvalue weighted by atomic mass is 10.1. The van der Waals surface area contributed by atoms with E-state index in [2.05, 4.69) is 28.4 Å². The second kappa shape index (κ2) is 7.32. The number of hydrogen-bond acceptors (Lipinski definition) is 5. The number of aromatic nitrogens is 4. The van der Waals surface area contributed by atoms with Gasteiger partial charge >= 0.3 is 0 Å². The lowest BCUT2D eigenvalue weighted by molar-refractivity contribution is 0.574. The summed E-state index contributed by atoms with van der Waals surface area (Å²) in [5.41, 5.74) is 4.23. The summed E-state index contributed by atoms with van der Waals surface area (Å²) in [7, 11) is 1.97. The van der Waals surface area contributed by atoms with Crippen molar-refractivity contribution in [2.45, 2.75) is 39.2 Å². The van der Waals surface area contributed by atoms with Crippen LogP contribution in [0.4, 0.5) is 11.6 Å². The number of nitrogens with zero attached hydrogens (tertiary/aromatic N) is 5. The lowest BCUT2D eigenvalue weighted by Crippen LogP contribution is -2.31. The summed E-state index contributed by atoms with van der Waals surface area (Å²) in [6.45, 7) is 4.95. The first-order valence-corrected chi connectivity index (χ1v) is 9.51. The van der Waals surface area contributed by atoms with Gasteiger partial charge in [0.1, 0.15) is 0 Å². The highest BCUT2D eigenvalue weighted by Crippen LogP contribution is 2.28. The number of para-hydroxylation sites is 2. The molecule has 2 aromatic heterocycles. The second-order valence-electron chi connectivity index (χ2n) is 6.91. The number of aryl methyl sites for hydroxylation is 2. The molecule has 3 heterocycles. The summed E-state index contributed by atoms with van der Waals surface area (Å²) in [4.78, 5) is 12.2. The number of nitrogens with one attached hydrogen (secondary N) is 1. The van der Waals surface area contributed by atoms with Gasteiger partial charge < -0.3 is 10.2 Å². The third-order valence-electron chi connectivity index (χ3n) is 4.98. The second-order valence-corrected chi connectivity index (χ2v) is 6.91. The standard InChI is InChI=1S/C20H26N6/c1-3-16-15(14-25(2)24-16)13-21-19-20(26-11-7-4-8-12-26)23-18-10-6-5-9-17(18)22-19/h5-6,9-10,14H,3-4,7-8,11-13H2,1-2H3,(H,21,22). The van der Waals surface area contributed by atoms with Gasteiger partial charge in [0.2, 0.25) is 0 Å². The Morgan fingerprint density at radius 3 is 2.50 bits per heavy atom. The SMILES string of the molecule is CCc1nn(C)cc1CNc1nc2ccccc2nc1N1CCCCC1. The van der Waals surface area contributed by atoms with Crippen molar-refractivity contribution in [2.24, 2.45) is 7.05 Å². The highest BCUT2D eigenvalue weighted by Gasteiger charge is 2.18. The predicted octanol–water partition coefficient (Wildman–Crippen LogP) is 3.53. The van der Waals surface area contributed by atoms with Crippen LogP contribution in [0.5, 0.6) is 0 Å². The topological polar surface area (TPSA) is 58.9 Å². The molecule has 1 aliphatic heterocycles. The summed E-state index contributed by atoms with van der Waals surface area (Å²) < 4.78 is 1.88. The van der Waals surface area contributed by atoms with Gasteiger partial charge in [0.15, 0.2) is 11.6 Å². The molecule has 0 saturated carbocycles. The molecule has 0 atom stereocenters. The van der Waals surface area contributed by atoms with Gasteiger partial charge in [0.25, 0.3) is 0 Å². The minimum atomic E-state index is 0.713. The zero-order valence-electron chi connectivity index (χ0n) is 15.6. The van der Waals surface area contributed by atoms with Crippen molar-refractivity contribution in [3.63, 3.8) is 0 Å². The Kier molecular flexibility index (Phi) is 4.73. The van der Waals surface area contributed by atoms with Crippen molar-refractivity contribution < 1.29 is 0 Å². The molecule has 0 aliphatic carbocycles. The molecule has 1 saturated heterocycles. The van der Waals surface area contributed by atoms with Gasteiger partial charge in [-0.25, -0.2) is 9.97 Å². The largest absolute Gasteiger partial charge is 0.363 e. The third kappa shape index (κ3) is 3.36. The Balaban J connectivity index is 1.67. The van der Waals surface area contributed by atoms with E-state index in [9.17, 15) is 0 Å². The van der Waals surface area contributed by atoms with Gasteiger partial charge in [-0.3, -0.25) is 4.68 Å². The number of piperidine rings is 1. The molecule has 1 fully saturated rings. The molecule has 6 heteroatoms. The van der Waals surface area contributed by atoms with Crippen LogP contribution in [-0.2, 0) is 20.0 Å². The summed E-state index contributed by atoms with van der Waals surface area (Å²) in [6, 6.07) is 8.09. The Labute approximate surface area is 154 Å². The molecule has 1 aromatic carbocycles. The minimum absolute atomic E-state index is 0.713. The van der Waals surface area contributed by atoms with Gasteiger partial charge in [-0.15, -0.1) is 0 Å². The number of anilines is 2. The van der Waals surface area contributed by atoms with Crippen LogP contribution in [0.3, 0.4) is 0 Å². The van der Waals surface area contributed by atoms with E-state index in [4.69, 9.17) is 9.97 Å². The van der Waals surface area contributed by atoms with Crippen molar-refractivity contribution >= 4 is 22.7 Å². The normalized spacial score (nSPS) is 14.8. The third-order valence-corrected chi connectivity index (χ3v) is 4.98. The first kappa shape index (κ1) is 16.8. The van der Waals surface area contributed by atoms with Crippen LogP contribution in [0.1, 0.15) is 37.4 Å². The van der Waals surface area contributed by atoms with E-state index in [1.54, 1.807) is 0 Å². The molecule has 3 aromatic rings. The molecule has 1 aliphatic rings. The average molecular weight is 350 g/mol. The molecule has 26 heavy (non-hydrogen) atoms. The predicted molar refractivity (Wildman–Crippen MR) is 106 cm³/mol. The van der Waals surface area contributed by atoms with E-state index >= 15 is 0 Å². The van der Waals surface area contributed by atoms with Crippen molar-refractivity contribution in [1.29, 1.82) is 0 Å². The molecular formula is C20H26N6. The fourth-order valence-electron chi connectivity index (χ4n) is 3.64. The van der Waals surface area contributed by atoms with Gasteiger partial charge in [-0.2, -0.15) is 5.10 Å². The molecule has 0 bridgehead atoms. The van der Waals surface area contributed by atoms with Crippen LogP contribution in [0.15, 0.2) is 30.5 Å². The van der Waals surface area contributed by atoms with Gasteiger partial charge in [-0.1, -0.05) is 19.1 Å². The summed E-state index contributed by atoms with van der Waals surface area (Å²) in [6.07, 6.45) is 6.75. The summed E-state index contributed by atoms with van der Waals surface area (Å²) in [5, 5.41) is 8.07. The van der Waals surface area contributed by atoms with Crippen molar-refractivity contribution in [2.75, 3.05) is 23.3 Å². The van der Waals surface area contributed by atoms with Crippen LogP contribution in [0.25, 0.3) is 11.0 Å². The van der Waals surface area contributed by atoms with E-state index in [1.807, 2.05) is 36.0 Å². The first-order valence-electron chi connectivity index (χ1n) is 9.51. The fraction of sp³-hybridized carbons (Fsp3) is 0.450. The van der Waals surface area contributed by atoms with E-state index in [1.165, 1.54) is 24.8 Å². The molecule has 0 unspecified atom stereocenters. The molecule has 4 rings (SSSR count). The first-order chi connectivity index (χ1) is 12.7. The maximum atomic E-state index is 4.94. The van der Waals surface area contributed by atoms with Crippen molar-refractivity contribution in [1.82, 2.24) is 19.7 Å². The summed E-state index contributed by atoms with van der Waals surface area (Å²) >= 11 is 0. The van der Waals surface area contributed by atoms with E-state index in [-0.39, 0.29) is 0 Å². The number of benzene rings is 1. The fourth-order valence-corrected chi connectivity index (χ4v) is 3.64. The smallest absolute Gasteiger partial charge is 0.172 e.